The Bertz CT molecular complexity index is 636. The first-order chi connectivity index (χ1) is 9.54. The number of anilines is 1. The molecule has 0 aromatic heterocycles. The summed E-state index contributed by atoms with van der Waals surface area (Å²) in [6.07, 6.45) is 0. The van der Waals surface area contributed by atoms with Gasteiger partial charge in [0.2, 0.25) is 0 Å². The van der Waals surface area contributed by atoms with Gasteiger partial charge < -0.3 is 15.8 Å². The van der Waals surface area contributed by atoms with Crippen molar-refractivity contribution in [2.24, 2.45) is 5.73 Å². The molecule has 2 aromatic carbocycles. The van der Waals surface area contributed by atoms with Crippen molar-refractivity contribution >= 4 is 34.6 Å². The molecule has 2 rings (SSSR count). The van der Waals surface area contributed by atoms with Gasteiger partial charge in [-0.1, -0.05) is 23.7 Å². The number of ether oxygens (including phenoxy) is 1. The maximum absolute atomic E-state index is 13.0. The Kier molecular flexibility index (Phi) is 4.76. The Balaban J connectivity index is 2.03. The Hall–Kier alpha value is -1.85. The molecule has 0 radical (unpaired) electrons. The number of nitrogens with one attached hydrogen (secondary N) is 1. The van der Waals surface area contributed by atoms with Gasteiger partial charge in [0.25, 0.3) is 0 Å². The zero-order chi connectivity index (χ0) is 14.5. The fourth-order valence-electron chi connectivity index (χ4n) is 1.61. The van der Waals surface area contributed by atoms with Crippen LogP contribution in [0.2, 0.25) is 5.02 Å². The zero-order valence-corrected chi connectivity index (χ0v) is 12.0. The lowest BCUT2D eigenvalue weighted by molar-refractivity contribution is 0.305. The summed E-state index contributed by atoms with van der Waals surface area (Å²) >= 11 is 10.8. The molecular formula is C14H12ClFN2OS. The Morgan fingerprint density at radius 2 is 2.10 bits per heavy atom. The van der Waals surface area contributed by atoms with Crippen molar-refractivity contribution < 1.29 is 9.13 Å². The van der Waals surface area contributed by atoms with Crippen LogP contribution in [0.5, 0.6) is 5.75 Å². The molecule has 0 saturated heterocycles. The number of halogens is 2. The molecular weight excluding hydrogens is 299 g/mol. The minimum absolute atomic E-state index is 0.139. The zero-order valence-electron chi connectivity index (χ0n) is 10.4. The summed E-state index contributed by atoms with van der Waals surface area (Å²) in [5.74, 6) is 0.285. The lowest BCUT2D eigenvalue weighted by Crippen LogP contribution is -2.19. The highest BCUT2D eigenvalue weighted by Crippen LogP contribution is 2.27. The molecule has 0 aliphatic heterocycles. The van der Waals surface area contributed by atoms with E-state index < -0.39 is 0 Å². The summed E-state index contributed by atoms with van der Waals surface area (Å²) in [5, 5.41) is 3.33. The third-order valence-electron chi connectivity index (χ3n) is 2.49. The normalized spacial score (nSPS) is 10.1. The van der Waals surface area contributed by atoms with E-state index in [0.717, 1.165) is 5.56 Å². The van der Waals surface area contributed by atoms with Gasteiger partial charge in [0.15, 0.2) is 5.11 Å². The van der Waals surface area contributed by atoms with Crippen molar-refractivity contribution in [3.8, 4) is 5.75 Å². The average Bonchev–Trinajstić information content (AvgIpc) is 2.39. The summed E-state index contributed by atoms with van der Waals surface area (Å²) in [6, 6.07) is 11.3. The first kappa shape index (κ1) is 14.6. The standard InChI is InChI=1S/C14H12ClFN2OS/c15-12-7-11(4-5-13(12)18-14(17)20)19-8-9-2-1-3-10(16)6-9/h1-7H,8H2,(H3,17,18,20). The smallest absolute Gasteiger partial charge is 0.168 e. The first-order valence-electron chi connectivity index (χ1n) is 5.78. The van der Waals surface area contributed by atoms with E-state index in [1.54, 1.807) is 30.3 Å². The average molecular weight is 311 g/mol. The summed E-state index contributed by atoms with van der Waals surface area (Å²) in [4.78, 5) is 0. The summed E-state index contributed by atoms with van der Waals surface area (Å²) in [7, 11) is 0. The molecule has 3 N–H and O–H groups in total. The largest absolute Gasteiger partial charge is 0.489 e. The van der Waals surface area contributed by atoms with E-state index >= 15 is 0 Å². The van der Waals surface area contributed by atoms with E-state index in [0.29, 0.717) is 16.5 Å². The minimum Gasteiger partial charge on any atom is -0.489 e. The number of rotatable bonds is 4. The molecule has 0 aliphatic carbocycles. The van der Waals surface area contributed by atoms with Gasteiger partial charge in [0.1, 0.15) is 18.2 Å². The molecule has 2 aromatic rings. The number of thiocarbonyl (C=S) groups is 1. The third-order valence-corrected chi connectivity index (χ3v) is 2.91. The molecule has 104 valence electrons. The lowest BCUT2D eigenvalue weighted by atomic mass is 10.2. The number of nitrogens with two attached hydrogens (primary N) is 1. The van der Waals surface area contributed by atoms with Crippen molar-refractivity contribution in [2.45, 2.75) is 6.61 Å². The minimum atomic E-state index is -0.292. The van der Waals surface area contributed by atoms with E-state index in [9.17, 15) is 4.39 Å². The van der Waals surface area contributed by atoms with Crippen LogP contribution in [0.15, 0.2) is 42.5 Å². The topological polar surface area (TPSA) is 47.3 Å². The van der Waals surface area contributed by atoms with Crippen LogP contribution in [0.4, 0.5) is 10.1 Å². The van der Waals surface area contributed by atoms with E-state index in [1.807, 2.05) is 0 Å². The van der Waals surface area contributed by atoms with Crippen LogP contribution in [-0.2, 0) is 6.61 Å². The van der Waals surface area contributed by atoms with Crippen molar-refractivity contribution in [1.29, 1.82) is 0 Å². The van der Waals surface area contributed by atoms with Gasteiger partial charge in [-0.3, -0.25) is 0 Å². The highest BCUT2D eigenvalue weighted by atomic mass is 35.5. The van der Waals surface area contributed by atoms with Gasteiger partial charge in [0.05, 0.1) is 10.7 Å². The van der Waals surface area contributed by atoms with E-state index in [-0.39, 0.29) is 17.5 Å². The Labute approximate surface area is 126 Å². The second-order valence-electron chi connectivity index (χ2n) is 4.05. The van der Waals surface area contributed by atoms with Crippen molar-refractivity contribution in [2.75, 3.05) is 5.32 Å². The molecule has 0 saturated carbocycles. The predicted molar refractivity (Wildman–Crippen MR) is 82.6 cm³/mol. The van der Waals surface area contributed by atoms with Gasteiger partial charge >= 0.3 is 0 Å². The molecule has 3 nitrogen and oxygen atoms in total. The van der Waals surface area contributed by atoms with Crippen LogP contribution in [-0.4, -0.2) is 5.11 Å². The highest BCUT2D eigenvalue weighted by Gasteiger charge is 2.04. The Morgan fingerprint density at radius 3 is 2.75 bits per heavy atom. The van der Waals surface area contributed by atoms with Crippen LogP contribution in [0.1, 0.15) is 5.56 Å². The van der Waals surface area contributed by atoms with Crippen LogP contribution in [0.25, 0.3) is 0 Å². The number of hydrogen-bond donors (Lipinski definition) is 2. The molecule has 0 spiro atoms. The van der Waals surface area contributed by atoms with Crippen LogP contribution in [0, 0.1) is 5.82 Å². The van der Waals surface area contributed by atoms with E-state index in [1.165, 1.54) is 12.1 Å². The second-order valence-corrected chi connectivity index (χ2v) is 4.90. The molecule has 0 aliphatic rings. The highest BCUT2D eigenvalue weighted by molar-refractivity contribution is 7.80. The summed E-state index contributed by atoms with van der Waals surface area (Å²) < 4.78 is 18.6. The van der Waals surface area contributed by atoms with E-state index in [4.69, 9.17) is 34.3 Å². The molecule has 6 heteroatoms. The molecule has 0 fully saturated rings. The van der Waals surface area contributed by atoms with Crippen molar-refractivity contribution in [1.82, 2.24) is 0 Å². The van der Waals surface area contributed by atoms with Crippen LogP contribution in [0.3, 0.4) is 0 Å². The molecule has 0 unspecified atom stereocenters. The number of hydrogen-bond acceptors (Lipinski definition) is 2. The third kappa shape index (κ3) is 4.08. The van der Waals surface area contributed by atoms with Gasteiger partial charge in [-0.2, -0.15) is 0 Å². The van der Waals surface area contributed by atoms with Crippen molar-refractivity contribution in [3.63, 3.8) is 0 Å². The molecule has 0 amide bonds. The predicted octanol–water partition coefficient (Wildman–Crippen LogP) is 3.71. The fraction of sp³-hybridized carbons (Fsp3) is 0.0714. The van der Waals surface area contributed by atoms with Crippen LogP contribution < -0.4 is 15.8 Å². The molecule has 0 heterocycles. The van der Waals surface area contributed by atoms with Gasteiger partial charge in [-0.05, 0) is 42.0 Å². The van der Waals surface area contributed by atoms with Gasteiger partial charge in [-0.15, -0.1) is 0 Å². The SMILES string of the molecule is NC(=S)Nc1ccc(OCc2cccc(F)c2)cc1Cl. The maximum Gasteiger partial charge on any atom is 0.168 e. The van der Waals surface area contributed by atoms with Crippen LogP contribution >= 0.6 is 23.8 Å². The number of benzene rings is 2. The Morgan fingerprint density at radius 1 is 1.30 bits per heavy atom. The lowest BCUT2D eigenvalue weighted by Gasteiger charge is -2.10. The first-order valence-corrected chi connectivity index (χ1v) is 6.56. The quantitative estimate of drug-likeness (QED) is 0.845. The summed E-state index contributed by atoms with van der Waals surface area (Å²) in [6.45, 7) is 0.260. The van der Waals surface area contributed by atoms with Crippen molar-refractivity contribution in [3.05, 3.63) is 58.9 Å². The monoisotopic (exact) mass is 310 g/mol. The second kappa shape index (κ2) is 6.54. The molecule has 20 heavy (non-hydrogen) atoms. The molecule has 0 bridgehead atoms. The van der Waals surface area contributed by atoms with E-state index in [2.05, 4.69) is 5.32 Å². The van der Waals surface area contributed by atoms with Gasteiger partial charge in [-0.25, -0.2) is 4.39 Å². The maximum atomic E-state index is 13.0. The fourth-order valence-corrected chi connectivity index (χ4v) is 1.94. The van der Waals surface area contributed by atoms with Gasteiger partial charge in [0, 0.05) is 6.07 Å². The molecule has 0 atom stereocenters. The summed E-state index contributed by atoms with van der Waals surface area (Å²) in [5.41, 5.74) is 6.73.